The minimum absolute atomic E-state index is 1.03. The molecular formula is C12H15N3. The average molecular weight is 201 g/mol. The third-order valence-corrected chi connectivity index (χ3v) is 2.35. The van der Waals surface area contributed by atoms with Crippen molar-refractivity contribution in [3.63, 3.8) is 0 Å². The number of aryl methyl sites for hydroxylation is 1. The number of benzene rings is 1. The van der Waals surface area contributed by atoms with Gasteiger partial charge in [-0.2, -0.15) is 0 Å². The number of nitrogens with zero attached hydrogens (tertiary/aromatic N) is 3. The Balaban J connectivity index is 2.52. The van der Waals surface area contributed by atoms with Crippen molar-refractivity contribution in [2.24, 2.45) is 0 Å². The Labute approximate surface area is 90.0 Å². The zero-order valence-corrected chi connectivity index (χ0v) is 9.31. The van der Waals surface area contributed by atoms with Gasteiger partial charge in [-0.15, -0.1) is 0 Å². The van der Waals surface area contributed by atoms with E-state index in [1.165, 1.54) is 5.69 Å². The molecule has 3 heteroatoms. The van der Waals surface area contributed by atoms with E-state index in [0.717, 1.165) is 11.4 Å². The first kappa shape index (κ1) is 9.77. The van der Waals surface area contributed by atoms with Gasteiger partial charge >= 0.3 is 0 Å². The van der Waals surface area contributed by atoms with Crippen molar-refractivity contribution in [2.75, 3.05) is 19.0 Å². The largest absolute Gasteiger partial charge is 0.376 e. The second kappa shape index (κ2) is 3.77. The fourth-order valence-corrected chi connectivity index (χ4v) is 1.61. The van der Waals surface area contributed by atoms with Crippen LogP contribution in [0.1, 0.15) is 5.69 Å². The zero-order chi connectivity index (χ0) is 10.8. The van der Waals surface area contributed by atoms with Gasteiger partial charge in [-0.1, -0.05) is 12.1 Å². The summed E-state index contributed by atoms with van der Waals surface area (Å²) in [5.74, 6) is 0. The van der Waals surface area contributed by atoms with Crippen molar-refractivity contribution < 1.29 is 0 Å². The van der Waals surface area contributed by atoms with E-state index in [-0.39, 0.29) is 0 Å². The van der Waals surface area contributed by atoms with Crippen LogP contribution in [0.2, 0.25) is 0 Å². The van der Waals surface area contributed by atoms with Crippen molar-refractivity contribution in [1.82, 2.24) is 9.55 Å². The van der Waals surface area contributed by atoms with Crippen LogP contribution in [0.25, 0.3) is 5.69 Å². The summed E-state index contributed by atoms with van der Waals surface area (Å²) >= 11 is 0. The molecule has 0 aliphatic heterocycles. The quantitative estimate of drug-likeness (QED) is 0.743. The van der Waals surface area contributed by atoms with E-state index < -0.39 is 0 Å². The monoisotopic (exact) mass is 201 g/mol. The van der Waals surface area contributed by atoms with E-state index in [4.69, 9.17) is 0 Å². The summed E-state index contributed by atoms with van der Waals surface area (Å²) in [4.78, 5) is 6.34. The lowest BCUT2D eigenvalue weighted by Gasteiger charge is -2.17. The molecule has 0 atom stereocenters. The number of hydrogen-bond acceptors (Lipinski definition) is 2. The van der Waals surface area contributed by atoms with Gasteiger partial charge in [0.2, 0.25) is 0 Å². The van der Waals surface area contributed by atoms with Gasteiger partial charge in [-0.3, -0.25) is 0 Å². The molecular weight excluding hydrogens is 186 g/mol. The minimum atomic E-state index is 1.03. The van der Waals surface area contributed by atoms with Crippen molar-refractivity contribution in [2.45, 2.75) is 6.92 Å². The molecule has 2 rings (SSSR count). The summed E-state index contributed by atoms with van der Waals surface area (Å²) in [6.45, 7) is 1.99. The van der Waals surface area contributed by atoms with Crippen LogP contribution >= 0.6 is 0 Å². The second-order valence-corrected chi connectivity index (χ2v) is 3.81. The van der Waals surface area contributed by atoms with Gasteiger partial charge in [0.25, 0.3) is 0 Å². The van der Waals surface area contributed by atoms with Crippen molar-refractivity contribution in [3.8, 4) is 5.69 Å². The van der Waals surface area contributed by atoms with Gasteiger partial charge < -0.3 is 9.47 Å². The summed E-state index contributed by atoms with van der Waals surface area (Å²) in [7, 11) is 4.09. The Morgan fingerprint density at radius 2 is 1.93 bits per heavy atom. The van der Waals surface area contributed by atoms with Gasteiger partial charge in [-0.05, 0) is 19.1 Å². The molecule has 0 radical (unpaired) electrons. The van der Waals surface area contributed by atoms with E-state index in [1.54, 1.807) is 0 Å². The Bertz CT molecular complexity index is 457. The van der Waals surface area contributed by atoms with Crippen molar-refractivity contribution >= 4 is 5.69 Å². The summed E-state index contributed by atoms with van der Waals surface area (Å²) < 4.78 is 2.05. The van der Waals surface area contributed by atoms with Crippen LogP contribution in [0.15, 0.2) is 36.8 Å². The summed E-state index contributed by atoms with van der Waals surface area (Å²) in [5, 5.41) is 0. The van der Waals surface area contributed by atoms with Crippen LogP contribution in [0.5, 0.6) is 0 Å². The first-order valence-corrected chi connectivity index (χ1v) is 4.96. The number of rotatable bonds is 2. The highest BCUT2D eigenvalue weighted by atomic mass is 15.1. The van der Waals surface area contributed by atoms with Gasteiger partial charge in [0, 0.05) is 20.3 Å². The van der Waals surface area contributed by atoms with Crippen LogP contribution in [0.3, 0.4) is 0 Å². The van der Waals surface area contributed by atoms with E-state index in [2.05, 4.69) is 22.0 Å². The highest BCUT2D eigenvalue weighted by Crippen LogP contribution is 2.22. The third kappa shape index (κ3) is 1.86. The summed E-state index contributed by atoms with van der Waals surface area (Å²) in [6, 6.07) is 8.28. The topological polar surface area (TPSA) is 21.1 Å². The number of imidazole rings is 1. The van der Waals surface area contributed by atoms with Crippen molar-refractivity contribution in [3.05, 3.63) is 42.5 Å². The van der Waals surface area contributed by atoms with Gasteiger partial charge in [0.1, 0.15) is 0 Å². The van der Waals surface area contributed by atoms with Gasteiger partial charge in [-0.25, -0.2) is 4.98 Å². The van der Waals surface area contributed by atoms with E-state index in [0.29, 0.717) is 0 Å². The lowest BCUT2D eigenvalue weighted by molar-refractivity contribution is 1.02. The first-order chi connectivity index (χ1) is 7.18. The highest BCUT2D eigenvalue weighted by Gasteiger charge is 2.05. The molecule has 0 N–H and O–H groups in total. The number of para-hydroxylation sites is 2. The lowest BCUT2D eigenvalue weighted by atomic mass is 10.2. The van der Waals surface area contributed by atoms with Crippen LogP contribution in [-0.2, 0) is 0 Å². The summed E-state index contributed by atoms with van der Waals surface area (Å²) in [5.41, 5.74) is 3.38. The van der Waals surface area contributed by atoms with E-state index in [9.17, 15) is 0 Å². The molecule has 15 heavy (non-hydrogen) atoms. The Morgan fingerprint density at radius 3 is 2.53 bits per heavy atom. The SMILES string of the molecule is Cc1cn(-c2ccccc2N(C)C)cn1. The standard InChI is InChI=1S/C12H15N3/c1-10-8-15(9-13-10)12-7-5-4-6-11(12)14(2)3/h4-9H,1-3H3. The second-order valence-electron chi connectivity index (χ2n) is 3.81. The number of aromatic nitrogens is 2. The zero-order valence-electron chi connectivity index (χ0n) is 9.31. The Kier molecular flexibility index (Phi) is 2.46. The molecule has 0 fully saturated rings. The maximum Gasteiger partial charge on any atom is 0.0995 e. The molecule has 78 valence electrons. The fraction of sp³-hybridized carbons (Fsp3) is 0.250. The molecule has 0 saturated heterocycles. The lowest BCUT2D eigenvalue weighted by Crippen LogP contribution is -2.11. The van der Waals surface area contributed by atoms with Crippen LogP contribution in [0, 0.1) is 6.92 Å². The first-order valence-electron chi connectivity index (χ1n) is 4.96. The molecule has 0 aliphatic carbocycles. The molecule has 0 aliphatic rings. The predicted octanol–water partition coefficient (Wildman–Crippen LogP) is 2.25. The molecule has 0 amide bonds. The normalized spacial score (nSPS) is 10.3. The maximum atomic E-state index is 4.24. The number of anilines is 1. The van der Waals surface area contributed by atoms with Crippen LogP contribution in [-0.4, -0.2) is 23.6 Å². The third-order valence-electron chi connectivity index (χ3n) is 2.35. The molecule has 1 heterocycles. The number of hydrogen-bond donors (Lipinski definition) is 0. The predicted molar refractivity (Wildman–Crippen MR) is 62.6 cm³/mol. The van der Waals surface area contributed by atoms with E-state index >= 15 is 0 Å². The molecule has 0 bridgehead atoms. The molecule has 0 unspecified atom stereocenters. The van der Waals surface area contributed by atoms with Crippen molar-refractivity contribution in [1.29, 1.82) is 0 Å². The van der Waals surface area contributed by atoms with Crippen LogP contribution < -0.4 is 4.90 Å². The van der Waals surface area contributed by atoms with Crippen LogP contribution in [0.4, 0.5) is 5.69 Å². The molecule has 1 aromatic carbocycles. The maximum absolute atomic E-state index is 4.24. The fourth-order valence-electron chi connectivity index (χ4n) is 1.61. The average Bonchev–Trinajstić information content (AvgIpc) is 2.65. The Morgan fingerprint density at radius 1 is 1.20 bits per heavy atom. The molecule has 3 nitrogen and oxygen atoms in total. The smallest absolute Gasteiger partial charge is 0.0995 e. The summed E-state index contributed by atoms with van der Waals surface area (Å²) in [6.07, 6.45) is 3.88. The van der Waals surface area contributed by atoms with Gasteiger partial charge in [0.15, 0.2) is 0 Å². The Hall–Kier alpha value is -1.77. The molecule has 2 aromatic rings. The highest BCUT2D eigenvalue weighted by molar-refractivity contribution is 5.61. The van der Waals surface area contributed by atoms with E-state index in [1.807, 2.05) is 50.2 Å². The minimum Gasteiger partial charge on any atom is -0.376 e. The molecule has 0 saturated carbocycles. The molecule has 0 spiro atoms. The molecule has 1 aromatic heterocycles. The van der Waals surface area contributed by atoms with Gasteiger partial charge in [0.05, 0.1) is 23.4 Å².